The number of benzene rings is 2. The van der Waals surface area contributed by atoms with Gasteiger partial charge >= 0.3 is 0 Å². The summed E-state index contributed by atoms with van der Waals surface area (Å²) < 4.78 is 18.2. The van der Waals surface area contributed by atoms with E-state index >= 15 is 0 Å². The Kier molecular flexibility index (Phi) is 5.58. The molecule has 3 nitrogen and oxygen atoms in total. The van der Waals surface area contributed by atoms with Gasteiger partial charge in [0.1, 0.15) is 18.2 Å². The van der Waals surface area contributed by atoms with Crippen LogP contribution in [0, 0.1) is 5.82 Å². The Morgan fingerprint density at radius 2 is 1.95 bits per heavy atom. The summed E-state index contributed by atoms with van der Waals surface area (Å²) in [5.74, 6) is -0.0890. The third kappa shape index (κ3) is 5.08. The summed E-state index contributed by atoms with van der Waals surface area (Å²) in [5, 5.41) is 2.96. The van der Waals surface area contributed by atoms with E-state index in [0.29, 0.717) is 18.7 Å². The van der Waals surface area contributed by atoms with Gasteiger partial charge in [-0.05, 0) is 23.8 Å². The summed E-state index contributed by atoms with van der Waals surface area (Å²) in [7, 11) is 0. The van der Waals surface area contributed by atoms with Crippen molar-refractivity contribution in [2.45, 2.75) is 6.42 Å². The fraction of sp³-hybridized carbons (Fsp3) is 0.188. The molecule has 5 heteroatoms. The zero-order chi connectivity index (χ0) is 15.1. The molecule has 2 aromatic carbocycles. The van der Waals surface area contributed by atoms with E-state index in [4.69, 9.17) is 16.3 Å². The van der Waals surface area contributed by atoms with Crippen LogP contribution in [0.25, 0.3) is 0 Å². The second kappa shape index (κ2) is 7.64. The van der Waals surface area contributed by atoms with Crippen molar-refractivity contribution in [2.75, 3.05) is 13.2 Å². The van der Waals surface area contributed by atoms with Crippen LogP contribution in [0.4, 0.5) is 4.39 Å². The van der Waals surface area contributed by atoms with E-state index in [1.165, 1.54) is 18.2 Å². The van der Waals surface area contributed by atoms with Gasteiger partial charge in [-0.25, -0.2) is 4.39 Å². The molecule has 0 atom stereocenters. The second-order valence-electron chi connectivity index (χ2n) is 4.44. The average molecular weight is 308 g/mol. The molecule has 0 aliphatic heterocycles. The summed E-state index contributed by atoms with van der Waals surface area (Å²) in [6.45, 7) is 0.630. The smallest absolute Gasteiger partial charge is 0.224 e. The molecule has 0 bridgehead atoms. The minimum Gasteiger partial charge on any atom is -0.490 e. The Balaban J connectivity index is 1.71. The van der Waals surface area contributed by atoms with Gasteiger partial charge in [0.15, 0.2) is 0 Å². The van der Waals surface area contributed by atoms with E-state index in [1.807, 2.05) is 30.3 Å². The number of rotatable bonds is 6. The first kappa shape index (κ1) is 15.3. The van der Waals surface area contributed by atoms with E-state index in [2.05, 4.69) is 5.32 Å². The van der Waals surface area contributed by atoms with Gasteiger partial charge in [0, 0.05) is 0 Å². The number of ether oxygens (including phenoxy) is 1. The fourth-order valence-electron chi connectivity index (χ4n) is 1.79. The van der Waals surface area contributed by atoms with Gasteiger partial charge in [0.25, 0.3) is 0 Å². The van der Waals surface area contributed by atoms with Crippen LogP contribution in [0.5, 0.6) is 5.75 Å². The Bertz CT molecular complexity index is 604. The lowest BCUT2D eigenvalue weighted by Crippen LogP contribution is -2.29. The monoisotopic (exact) mass is 307 g/mol. The molecule has 0 heterocycles. The van der Waals surface area contributed by atoms with E-state index in [-0.39, 0.29) is 17.5 Å². The van der Waals surface area contributed by atoms with Crippen molar-refractivity contribution in [3.8, 4) is 5.75 Å². The minimum absolute atomic E-state index is 0.0741. The number of carbonyl (C=O) groups excluding carboxylic acids is 1. The van der Waals surface area contributed by atoms with Crippen LogP contribution in [-0.2, 0) is 11.2 Å². The maximum Gasteiger partial charge on any atom is 0.224 e. The summed E-state index contributed by atoms with van der Waals surface area (Å²) in [6.07, 6.45) is 0.331. The van der Waals surface area contributed by atoms with Gasteiger partial charge in [-0.15, -0.1) is 0 Å². The third-order valence-corrected chi connectivity index (χ3v) is 3.08. The first-order valence-electron chi connectivity index (χ1n) is 6.53. The highest BCUT2D eigenvalue weighted by atomic mass is 35.5. The van der Waals surface area contributed by atoms with Gasteiger partial charge in [0.2, 0.25) is 5.91 Å². The standard InChI is InChI=1S/C16H15ClFNO2/c17-14-11-13(18)6-7-15(14)21-9-8-19-16(20)10-12-4-2-1-3-5-12/h1-7,11H,8-10H2,(H,19,20). The van der Waals surface area contributed by atoms with Gasteiger partial charge < -0.3 is 10.1 Å². The summed E-state index contributed by atoms with van der Waals surface area (Å²) >= 11 is 5.83. The fourth-order valence-corrected chi connectivity index (χ4v) is 2.01. The molecule has 1 amide bonds. The van der Waals surface area contributed by atoms with Crippen LogP contribution in [0.1, 0.15) is 5.56 Å². The van der Waals surface area contributed by atoms with Crippen molar-refractivity contribution in [3.63, 3.8) is 0 Å². The highest BCUT2D eigenvalue weighted by molar-refractivity contribution is 6.32. The van der Waals surface area contributed by atoms with Crippen molar-refractivity contribution in [3.05, 3.63) is 64.9 Å². The predicted molar refractivity (Wildman–Crippen MR) is 80.1 cm³/mol. The molecule has 1 N–H and O–H groups in total. The van der Waals surface area contributed by atoms with Crippen molar-refractivity contribution in [2.24, 2.45) is 0 Å². The van der Waals surface area contributed by atoms with Crippen molar-refractivity contribution in [1.29, 1.82) is 0 Å². The largest absolute Gasteiger partial charge is 0.490 e. The van der Waals surface area contributed by atoms with E-state index < -0.39 is 5.82 Å². The summed E-state index contributed by atoms with van der Waals surface area (Å²) in [5.41, 5.74) is 0.956. The number of hydrogen-bond donors (Lipinski definition) is 1. The maximum absolute atomic E-state index is 12.9. The predicted octanol–water partition coefficient (Wildman–Crippen LogP) is 3.22. The van der Waals surface area contributed by atoms with Gasteiger partial charge in [-0.3, -0.25) is 4.79 Å². The molecule has 0 radical (unpaired) electrons. The van der Waals surface area contributed by atoms with Crippen LogP contribution in [0.3, 0.4) is 0 Å². The quantitative estimate of drug-likeness (QED) is 0.832. The van der Waals surface area contributed by atoms with E-state index in [0.717, 1.165) is 5.56 Å². The zero-order valence-electron chi connectivity index (χ0n) is 11.3. The molecule has 0 aliphatic carbocycles. The highest BCUT2D eigenvalue weighted by Crippen LogP contribution is 2.24. The van der Waals surface area contributed by atoms with Gasteiger partial charge in [-0.2, -0.15) is 0 Å². The molecule has 0 aliphatic rings. The van der Waals surface area contributed by atoms with Crippen molar-refractivity contribution in [1.82, 2.24) is 5.32 Å². The Morgan fingerprint density at radius 3 is 2.67 bits per heavy atom. The number of halogens is 2. The van der Waals surface area contributed by atoms with Crippen LogP contribution >= 0.6 is 11.6 Å². The lowest BCUT2D eigenvalue weighted by molar-refractivity contribution is -0.120. The van der Waals surface area contributed by atoms with Crippen molar-refractivity contribution < 1.29 is 13.9 Å². The third-order valence-electron chi connectivity index (χ3n) is 2.78. The second-order valence-corrected chi connectivity index (χ2v) is 4.84. The molecule has 0 saturated carbocycles. The van der Waals surface area contributed by atoms with E-state index in [1.54, 1.807) is 0 Å². The average Bonchev–Trinajstić information content (AvgIpc) is 2.46. The highest BCUT2D eigenvalue weighted by Gasteiger charge is 2.04. The molecule has 0 spiro atoms. The molecule has 110 valence electrons. The topological polar surface area (TPSA) is 38.3 Å². The maximum atomic E-state index is 12.9. The molecule has 0 saturated heterocycles. The summed E-state index contributed by atoms with van der Waals surface area (Å²) in [4.78, 5) is 11.7. The SMILES string of the molecule is O=C(Cc1ccccc1)NCCOc1ccc(F)cc1Cl. The molecule has 2 aromatic rings. The van der Waals surface area contributed by atoms with Crippen molar-refractivity contribution >= 4 is 17.5 Å². The first-order valence-corrected chi connectivity index (χ1v) is 6.91. The lowest BCUT2D eigenvalue weighted by atomic mass is 10.1. The Morgan fingerprint density at radius 1 is 1.19 bits per heavy atom. The number of carbonyl (C=O) groups is 1. The van der Waals surface area contributed by atoms with Gasteiger partial charge in [-0.1, -0.05) is 41.9 Å². The zero-order valence-corrected chi connectivity index (χ0v) is 12.1. The Hall–Kier alpha value is -2.07. The number of hydrogen-bond acceptors (Lipinski definition) is 2. The van der Waals surface area contributed by atoms with Crippen LogP contribution in [-0.4, -0.2) is 19.1 Å². The molecular formula is C16H15ClFNO2. The number of nitrogens with one attached hydrogen (secondary N) is 1. The lowest BCUT2D eigenvalue weighted by Gasteiger charge is -2.09. The molecule has 0 fully saturated rings. The molecule has 0 aromatic heterocycles. The van der Waals surface area contributed by atoms with Crippen LogP contribution < -0.4 is 10.1 Å². The summed E-state index contributed by atoms with van der Waals surface area (Å²) in [6, 6.07) is 13.4. The molecule has 0 unspecified atom stereocenters. The van der Waals surface area contributed by atoms with Crippen LogP contribution in [0.15, 0.2) is 48.5 Å². The Labute approximate surface area is 127 Å². The van der Waals surface area contributed by atoms with Crippen LogP contribution in [0.2, 0.25) is 5.02 Å². The normalized spacial score (nSPS) is 10.2. The first-order chi connectivity index (χ1) is 10.1. The minimum atomic E-state index is -0.413. The number of amides is 1. The van der Waals surface area contributed by atoms with Gasteiger partial charge in [0.05, 0.1) is 18.0 Å². The van der Waals surface area contributed by atoms with E-state index in [9.17, 15) is 9.18 Å². The molecule has 2 rings (SSSR count). The molecule has 21 heavy (non-hydrogen) atoms. The molecular weight excluding hydrogens is 293 g/mol.